The van der Waals surface area contributed by atoms with Gasteiger partial charge in [0.05, 0.1) is 10.6 Å². The maximum atomic E-state index is 13.0. The number of halogens is 1. The smallest absolute Gasteiger partial charge is 0.240 e. The Balaban J connectivity index is 2.49. The van der Waals surface area contributed by atoms with E-state index in [1.807, 2.05) is 0 Å². The molecule has 0 spiro atoms. The van der Waals surface area contributed by atoms with Crippen LogP contribution in [0.25, 0.3) is 0 Å². The summed E-state index contributed by atoms with van der Waals surface area (Å²) >= 11 is 0. The number of hydrogen-bond acceptors (Lipinski definition) is 4. The van der Waals surface area contributed by atoms with E-state index >= 15 is 0 Å². The molecule has 0 aliphatic rings. The van der Waals surface area contributed by atoms with Gasteiger partial charge in [0.1, 0.15) is 5.82 Å². The van der Waals surface area contributed by atoms with Crippen molar-refractivity contribution in [2.45, 2.75) is 30.6 Å². The van der Waals surface area contributed by atoms with Crippen LogP contribution in [0.4, 0.5) is 10.1 Å². The molecule has 0 aromatic heterocycles. The molecule has 0 unspecified atom stereocenters. The molecule has 0 saturated heterocycles. The molecule has 1 rings (SSSR count). The fourth-order valence-corrected chi connectivity index (χ4v) is 2.68. The van der Waals surface area contributed by atoms with Gasteiger partial charge in [0, 0.05) is 13.2 Å². The van der Waals surface area contributed by atoms with Gasteiger partial charge >= 0.3 is 0 Å². The Kier molecular flexibility index (Phi) is 6.20. The summed E-state index contributed by atoms with van der Waals surface area (Å²) in [5, 5.41) is 8.60. The van der Waals surface area contributed by atoms with Crippen molar-refractivity contribution in [1.82, 2.24) is 4.72 Å². The minimum absolute atomic E-state index is 0.0400. The van der Waals surface area contributed by atoms with Gasteiger partial charge < -0.3 is 10.8 Å². The zero-order valence-corrected chi connectivity index (χ0v) is 11.4. The first-order valence-corrected chi connectivity index (χ1v) is 7.61. The Labute approximate surface area is 112 Å². The largest absolute Gasteiger partial charge is 0.396 e. The highest BCUT2D eigenvalue weighted by molar-refractivity contribution is 7.89. The van der Waals surface area contributed by atoms with Crippen molar-refractivity contribution < 1.29 is 17.9 Å². The minimum Gasteiger partial charge on any atom is -0.396 e. The van der Waals surface area contributed by atoms with E-state index in [1.165, 1.54) is 6.07 Å². The summed E-state index contributed by atoms with van der Waals surface area (Å²) in [6, 6.07) is 3.31. The normalized spacial score (nSPS) is 11.7. The first-order valence-electron chi connectivity index (χ1n) is 6.13. The number of anilines is 1. The minimum atomic E-state index is -3.64. The Hall–Kier alpha value is -1.18. The number of unbranched alkanes of at least 4 members (excludes halogenated alkanes) is 3. The van der Waals surface area contributed by atoms with E-state index in [1.54, 1.807) is 0 Å². The van der Waals surface area contributed by atoms with E-state index in [4.69, 9.17) is 10.8 Å². The third-order valence-corrected chi connectivity index (χ3v) is 4.11. The molecule has 0 atom stereocenters. The number of aliphatic hydroxyl groups is 1. The first kappa shape index (κ1) is 15.9. The van der Waals surface area contributed by atoms with Crippen LogP contribution in [0.3, 0.4) is 0 Å². The molecular weight excluding hydrogens is 271 g/mol. The molecule has 7 heteroatoms. The number of nitrogens with two attached hydrogens (primary N) is 1. The summed E-state index contributed by atoms with van der Waals surface area (Å²) in [6.07, 6.45) is 3.12. The van der Waals surface area contributed by atoms with E-state index in [0.29, 0.717) is 13.0 Å². The van der Waals surface area contributed by atoms with Gasteiger partial charge in [-0.15, -0.1) is 0 Å². The molecule has 0 saturated carbocycles. The third kappa shape index (κ3) is 5.14. The number of nitrogens with one attached hydrogen (secondary N) is 1. The first-order chi connectivity index (χ1) is 8.97. The van der Waals surface area contributed by atoms with Gasteiger partial charge in [0.15, 0.2) is 0 Å². The van der Waals surface area contributed by atoms with E-state index in [2.05, 4.69) is 4.72 Å². The number of rotatable bonds is 8. The van der Waals surface area contributed by atoms with Crippen LogP contribution in [-0.2, 0) is 10.0 Å². The number of sulfonamides is 1. The highest BCUT2D eigenvalue weighted by Crippen LogP contribution is 2.16. The monoisotopic (exact) mass is 290 g/mol. The summed E-state index contributed by atoms with van der Waals surface area (Å²) in [7, 11) is -3.64. The fourth-order valence-electron chi connectivity index (χ4n) is 1.57. The second-order valence-electron chi connectivity index (χ2n) is 4.22. The topological polar surface area (TPSA) is 92.4 Å². The molecule has 19 heavy (non-hydrogen) atoms. The molecule has 5 nitrogen and oxygen atoms in total. The number of aliphatic hydroxyl groups excluding tert-OH is 1. The summed E-state index contributed by atoms with van der Waals surface area (Å²) in [4.78, 5) is -0.0400. The van der Waals surface area contributed by atoms with Gasteiger partial charge in [-0.1, -0.05) is 12.8 Å². The zero-order chi connectivity index (χ0) is 14.3. The van der Waals surface area contributed by atoms with Crippen LogP contribution >= 0.6 is 0 Å². The van der Waals surface area contributed by atoms with E-state index in [9.17, 15) is 12.8 Å². The highest BCUT2D eigenvalue weighted by atomic mass is 32.2. The zero-order valence-electron chi connectivity index (χ0n) is 10.6. The van der Waals surface area contributed by atoms with E-state index in [0.717, 1.165) is 31.4 Å². The molecule has 0 heterocycles. The van der Waals surface area contributed by atoms with Crippen LogP contribution in [0.5, 0.6) is 0 Å². The van der Waals surface area contributed by atoms with Gasteiger partial charge in [-0.25, -0.2) is 17.5 Å². The predicted octanol–water partition coefficient (Wildman–Crippen LogP) is 1.24. The predicted molar refractivity (Wildman–Crippen MR) is 71.6 cm³/mol. The van der Waals surface area contributed by atoms with Crippen molar-refractivity contribution in [1.29, 1.82) is 0 Å². The molecule has 1 aromatic carbocycles. The average Bonchev–Trinajstić information content (AvgIpc) is 2.36. The lowest BCUT2D eigenvalue weighted by Crippen LogP contribution is -2.25. The molecule has 0 bridgehead atoms. The fraction of sp³-hybridized carbons (Fsp3) is 0.500. The lowest BCUT2D eigenvalue weighted by Gasteiger charge is -2.07. The van der Waals surface area contributed by atoms with Gasteiger partial charge in [-0.3, -0.25) is 0 Å². The molecule has 108 valence electrons. The van der Waals surface area contributed by atoms with Crippen molar-refractivity contribution in [3.8, 4) is 0 Å². The Bertz CT molecular complexity index is 506. The molecule has 1 aromatic rings. The van der Waals surface area contributed by atoms with Crippen LogP contribution in [0.1, 0.15) is 25.7 Å². The number of benzene rings is 1. The van der Waals surface area contributed by atoms with Crippen LogP contribution in [0.2, 0.25) is 0 Å². The maximum Gasteiger partial charge on any atom is 0.240 e. The van der Waals surface area contributed by atoms with Gasteiger partial charge in [0.25, 0.3) is 0 Å². The van der Waals surface area contributed by atoms with Gasteiger partial charge in [-0.05, 0) is 31.0 Å². The standard InChI is InChI=1S/C12H19FN2O3S/c13-11-6-5-10(9-12(11)14)19(17,18)15-7-3-1-2-4-8-16/h5-6,9,15-16H,1-4,7-8,14H2. The van der Waals surface area contributed by atoms with Crippen LogP contribution < -0.4 is 10.5 Å². The summed E-state index contributed by atoms with van der Waals surface area (Å²) < 4.78 is 39.1. The third-order valence-electron chi connectivity index (χ3n) is 2.65. The van der Waals surface area contributed by atoms with Crippen LogP contribution in [0.15, 0.2) is 23.1 Å². The van der Waals surface area contributed by atoms with Gasteiger partial charge in [0.2, 0.25) is 10.0 Å². The van der Waals surface area contributed by atoms with Crippen LogP contribution in [0, 0.1) is 5.82 Å². The SMILES string of the molecule is Nc1cc(S(=O)(=O)NCCCCCCO)ccc1F. The lowest BCUT2D eigenvalue weighted by molar-refractivity contribution is 0.282. The average molecular weight is 290 g/mol. The Morgan fingerprint density at radius 3 is 2.53 bits per heavy atom. The number of nitrogen functional groups attached to an aromatic ring is 1. The van der Waals surface area contributed by atoms with Crippen molar-refractivity contribution >= 4 is 15.7 Å². The van der Waals surface area contributed by atoms with Gasteiger partial charge in [-0.2, -0.15) is 0 Å². The quantitative estimate of drug-likeness (QED) is 0.496. The highest BCUT2D eigenvalue weighted by Gasteiger charge is 2.14. The summed E-state index contributed by atoms with van der Waals surface area (Å²) in [5.41, 5.74) is 5.15. The summed E-state index contributed by atoms with van der Waals surface area (Å²) in [5.74, 6) is -0.636. The Morgan fingerprint density at radius 2 is 1.89 bits per heavy atom. The molecule has 0 aliphatic carbocycles. The number of hydrogen-bond donors (Lipinski definition) is 3. The maximum absolute atomic E-state index is 13.0. The lowest BCUT2D eigenvalue weighted by atomic mass is 10.2. The molecule has 0 radical (unpaired) electrons. The summed E-state index contributed by atoms with van der Waals surface area (Å²) in [6.45, 7) is 0.464. The van der Waals surface area contributed by atoms with E-state index in [-0.39, 0.29) is 17.2 Å². The van der Waals surface area contributed by atoms with Crippen molar-refractivity contribution in [2.24, 2.45) is 0 Å². The van der Waals surface area contributed by atoms with Crippen molar-refractivity contribution in [2.75, 3.05) is 18.9 Å². The second-order valence-corrected chi connectivity index (χ2v) is 5.99. The van der Waals surface area contributed by atoms with Crippen molar-refractivity contribution in [3.05, 3.63) is 24.0 Å². The van der Waals surface area contributed by atoms with E-state index < -0.39 is 15.8 Å². The molecule has 4 N–H and O–H groups in total. The molecular formula is C12H19FN2O3S. The Morgan fingerprint density at radius 1 is 1.21 bits per heavy atom. The van der Waals surface area contributed by atoms with Crippen molar-refractivity contribution in [3.63, 3.8) is 0 Å². The van der Waals surface area contributed by atoms with Crippen LogP contribution in [-0.4, -0.2) is 26.7 Å². The molecule has 0 amide bonds. The molecule has 0 fully saturated rings. The second kappa shape index (κ2) is 7.42. The molecule has 0 aliphatic heterocycles.